The maximum absolute atomic E-state index is 6.69. The monoisotopic (exact) mass is 910 g/mol. The Labute approximate surface area is 413 Å². The van der Waals surface area contributed by atoms with Crippen LogP contribution >= 0.6 is 0 Å². The number of fused-ring (bicyclic) bond motifs is 6. The zero-order chi connectivity index (χ0) is 48.4. The molecule has 8 aromatic carbocycles. The van der Waals surface area contributed by atoms with Crippen molar-refractivity contribution in [3.63, 3.8) is 0 Å². The van der Waals surface area contributed by atoms with Crippen molar-refractivity contribution in [1.29, 1.82) is 0 Å². The molecule has 5 heteroatoms. The van der Waals surface area contributed by atoms with Crippen LogP contribution in [0.5, 0.6) is 0 Å². The van der Waals surface area contributed by atoms with Gasteiger partial charge in [0.15, 0.2) is 0 Å². The van der Waals surface area contributed by atoms with Crippen molar-refractivity contribution in [2.24, 2.45) is 0 Å². The van der Waals surface area contributed by atoms with E-state index in [4.69, 9.17) is 8.83 Å². The molecule has 0 aliphatic carbocycles. The van der Waals surface area contributed by atoms with E-state index in [1.165, 1.54) is 61.1 Å². The fourth-order valence-corrected chi connectivity index (χ4v) is 10.9. The SMILES string of the molecule is Cc1cc2c3c(c1)N(c1cc(-c4cc5ccccc5o4)cc(-c4cc5ccccc5o4)c1)c1cc(-c4ccc(C(C)(C)C)cc4)ccc1B3c1cc(C(C)(C)C)ccc1N2c1ccc(C(C)(C)C)cc1. The number of anilines is 6. The number of benzene rings is 8. The summed E-state index contributed by atoms with van der Waals surface area (Å²) in [5, 5.41) is 2.14. The van der Waals surface area contributed by atoms with E-state index in [0.29, 0.717) is 0 Å². The van der Waals surface area contributed by atoms with Gasteiger partial charge in [0.25, 0.3) is 6.71 Å². The number of nitrogens with zero attached hydrogens (tertiary/aromatic N) is 2. The molecule has 2 aliphatic rings. The molecule has 2 aromatic heterocycles. The summed E-state index contributed by atoms with van der Waals surface area (Å²) in [5.41, 5.74) is 22.0. The van der Waals surface area contributed by atoms with Gasteiger partial charge in [-0.2, -0.15) is 0 Å². The highest BCUT2D eigenvalue weighted by atomic mass is 16.3. The fraction of sp³-hybridized carbons (Fsp3) is 0.200. The van der Waals surface area contributed by atoms with Gasteiger partial charge < -0.3 is 18.6 Å². The van der Waals surface area contributed by atoms with Gasteiger partial charge in [0.1, 0.15) is 22.7 Å². The summed E-state index contributed by atoms with van der Waals surface area (Å²) in [7, 11) is 0. The van der Waals surface area contributed by atoms with Gasteiger partial charge in [0.2, 0.25) is 0 Å². The Morgan fingerprint density at radius 3 is 1.41 bits per heavy atom. The Morgan fingerprint density at radius 1 is 0.371 bits per heavy atom. The lowest BCUT2D eigenvalue weighted by Crippen LogP contribution is -2.61. The van der Waals surface area contributed by atoms with Crippen LogP contribution in [0.2, 0.25) is 0 Å². The summed E-state index contributed by atoms with van der Waals surface area (Å²) < 4.78 is 13.4. The Kier molecular flexibility index (Phi) is 9.86. The van der Waals surface area contributed by atoms with Crippen molar-refractivity contribution in [2.75, 3.05) is 9.80 Å². The van der Waals surface area contributed by atoms with E-state index in [0.717, 1.165) is 67.3 Å². The number of hydrogen-bond acceptors (Lipinski definition) is 4. The topological polar surface area (TPSA) is 32.8 Å². The van der Waals surface area contributed by atoms with E-state index in [-0.39, 0.29) is 23.0 Å². The van der Waals surface area contributed by atoms with Gasteiger partial charge in [-0.05, 0) is 152 Å². The van der Waals surface area contributed by atoms with Gasteiger partial charge in [0, 0.05) is 56.0 Å². The van der Waals surface area contributed by atoms with Crippen LogP contribution < -0.4 is 26.2 Å². The van der Waals surface area contributed by atoms with Gasteiger partial charge in [0.05, 0.1) is 0 Å². The average molecular weight is 911 g/mol. The zero-order valence-corrected chi connectivity index (χ0v) is 42.0. The Balaban J connectivity index is 1.15. The molecule has 10 aromatic rings. The van der Waals surface area contributed by atoms with E-state index in [2.05, 4.69) is 231 Å². The second kappa shape index (κ2) is 15.8. The van der Waals surface area contributed by atoms with Gasteiger partial charge >= 0.3 is 0 Å². The second-order valence-electron chi connectivity index (χ2n) is 22.8. The van der Waals surface area contributed by atoms with Gasteiger partial charge in [-0.25, -0.2) is 0 Å². The molecular weight excluding hydrogens is 852 g/mol. The van der Waals surface area contributed by atoms with Gasteiger partial charge in [-0.1, -0.05) is 159 Å². The fourth-order valence-electron chi connectivity index (χ4n) is 10.9. The first-order valence-corrected chi connectivity index (χ1v) is 24.8. The molecule has 0 amide bonds. The largest absolute Gasteiger partial charge is 0.456 e. The van der Waals surface area contributed by atoms with Crippen LogP contribution in [0.25, 0.3) is 55.7 Å². The third kappa shape index (κ3) is 7.37. The maximum Gasteiger partial charge on any atom is 0.252 e. The lowest BCUT2D eigenvalue weighted by Gasteiger charge is -2.45. The van der Waals surface area contributed by atoms with Gasteiger partial charge in [-0.15, -0.1) is 0 Å². The molecule has 0 radical (unpaired) electrons. The van der Waals surface area contributed by atoms with Crippen LogP contribution in [0.15, 0.2) is 185 Å². The quantitative estimate of drug-likeness (QED) is 0.161. The third-order valence-corrected chi connectivity index (χ3v) is 14.8. The molecule has 4 heterocycles. The third-order valence-electron chi connectivity index (χ3n) is 14.8. The summed E-state index contributed by atoms with van der Waals surface area (Å²) in [6.07, 6.45) is 0. The molecular formula is C65H59BN2O2. The minimum Gasteiger partial charge on any atom is -0.456 e. The normalized spacial score (nSPS) is 13.5. The van der Waals surface area contributed by atoms with E-state index in [1.54, 1.807) is 0 Å². The highest BCUT2D eigenvalue weighted by molar-refractivity contribution is 7.00. The smallest absolute Gasteiger partial charge is 0.252 e. The summed E-state index contributed by atoms with van der Waals surface area (Å²) in [6.45, 7) is 22.9. The lowest BCUT2D eigenvalue weighted by atomic mass is 9.33. The Morgan fingerprint density at radius 2 is 0.871 bits per heavy atom. The van der Waals surface area contributed by atoms with Crippen LogP contribution in [0.4, 0.5) is 34.1 Å². The molecule has 12 rings (SSSR count). The molecule has 2 aliphatic heterocycles. The Bertz CT molecular complexity index is 3530. The molecule has 4 nitrogen and oxygen atoms in total. The molecule has 0 saturated heterocycles. The van der Waals surface area contributed by atoms with Crippen molar-refractivity contribution in [2.45, 2.75) is 85.5 Å². The van der Waals surface area contributed by atoms with Crippen molar-refractivity contribution in [1.82, 2.24) is 0 Å². The van der Waals surface area contributed by atoms with Crippen LogP contribution in [-0.2, 0) is 16.2 Å². The first-order valence-electron chi connectivity index (χ1n) is 24.8. The minimum atomic E-state index is -0.0542. The maximum atomic E-state index is 6.69. The van der Waals surface area contributed by atoms with Crippen molar-refractivity contribution in [3.8, 4) is 33.8 Å². The molecule has 0 N–H and O–H groups in total. The highest BCUT2D eigenvalue weighted by Gasteiger charge is 2.44. The number of aryl methyl sites for hydroxylation is 1. The van der Waals surface area contributed by atoms with Gasteiger partial charge in [-0.3, -0.25) is 0 Å². The second-order valence-corrected chi connectivity index (χ2v) is 22.8. The van der Waals surface area contributed by atoms with E-state index >= 15 is 0 Å². The van der Waals surface area contributed by atoms with Crippen molar-refractivity contribution < 1.29 is 8.83 Å². The first-order chi connectivity index (χ1) is 33.5. The summed E-state index contributed by atoms with van der Waals surface area (Å²) in [5.74, 6) is 1.62. The minimum absolute atomic E-state index is 0.0311. The highest BCUT2D eigenvalue weighted by Crippen LogP contribution is 2.48. The summed E-state index contributed by atoms with van der Waals surface area (Å²) in [6, 6.07) is 65.4. The van der Waals surface area contributed by atoms with Crippen LogP contribution in [0.1, 0.15) is 84.6 Å². The number of furan rings is 2. The van der Waals surface area contributed by atoms with E-state index in [1.807, 2.05) is 24.3 Å². The zero-order valence-electron chi connectivity index (χ0n) is 42.0. The molecule has 344 valence electrons. The summed E-state index contributed by atoms with van der Waals surface area (Å²) in [4.78, 5) is 5.05. The number of para-hydroxylation sites is 2. The molecule has 0 bridgehead atoms. The van der Waals surface area contributed by atoms with Crippen molar-refractivity contribution in [3.05, 3.63) is 198 Å². The number of hydrogen-bond donors (Lipinski definition) is 0. The molecule has 0 spiro atoms. The molecule has 70 heavy (non-hydrogen) atoms. The van der Waals surface area contributed by atoms with Crippen molar-refractivity contribution >= 4 is 79.2 Å². The predicted octanol–water partition coefficient (Wildman–Crippen LogP) is 16.5. The van der Waals surface area contributed by atoms with Crippen LogP contribution in [0.3, 0.4) is 0 Å². The molecule has 0 fully saturated rings. The lowest BCUT2D eigenvalue weighted by molar-refractivity contribution is 0.590. The summed E-state index contributed by atoms with van der Waals surface area (Å²) >= 11 is 0. The number of rotatable bonds is 5. The molecule has 0 unspecified atom stereocenters. The van der Waals surface area contributed by atoms with Crippen LogP contribution in [-0.4, -0.2) is 6.71 Å². The first kappa shape index (κ1) is 43.8. The molecule has 0 saturated carbocycles. The Hall–Kier alpha value is -7.50. The van der Waals surface area contributed by atoms with E-state index in [9.17, 15) is 0 Å². The average Bonchev–Trinajstić information content (AvgIpc) is 3.98. The standard InChI is InChI=1S/C65H59BN2O2/c1-40-31-56-62-57(32-40)68(51-34-45(60-37-43-15-11-13-17-58(43)69-60)33-46(35-51)61-38-44-16-12-14-18-59(44)70-61)55-36-42(41-19-22-47(23-20-41)63(2,3)4)21-29-52(55)66(62)53-39-49(65(8,9)10)26-30-54(53)67(56)50-27-24-48(25-28-50)64(5,6)7/h11-39H,1-10H3. The van der Waals surface area contributed by atoms with E-state index < -0.39 is 0 Å². The van der Waals surface area contributed by atoms with Crippen LogP contribution in [0, 0.1) is 6.92 Å². The molecule has 0 atom stereocenters. The predicted molar refractivity (Wildman–Crippen MR) is 297 cm³/mol.